The molecular weight excluding hydrogens is 367 g/mol. The molecule has 1 aliphatic rings. The lowest BCUT2D eigenvalue weighted by Gasteiger charge is -2.20. The number of aromatic nitrogens is 3. The predicted octanol–water partition coefficient (Wildman–Crippen LogP) is 4.39. The molecule has 8 heteroatoms. The maximum absolute atomic E-state index is 6.64. The topological polar surface area (TPSA) is 52.3 Å². The molecule has 0 radical (unpaired) electrons. The summed E-state index contributed by atoms with van der Waals surface area (Å²) in [5, 5.41) is 11.1. The third kappa shape index (κ3) is 5.00. The van der Waals surface area contributed by atoms with Crippen molar-refractivity contribution in [3.05, 3.63) is 59.0 Å². The average molecular weight is 383 g/mol. The number of allylic oxidation sites excluding steroid dienone is 1. The van der Waals surface area contributed by atoms with Crippen molar-refractivity contribution >= 4 is 40.7 Å². The lowest BCUT2D eigenvalue weighted by molar-refractivity contribution is 0.129. The summed E-state index contributed by atoms with van der Waals surface area (Å²) in [6.07, 6.45) is 4.28. The molecule has 126 valence electrons. The monoisotopic (exact) mass is 382 g/mol. The van der Waals surface area contributed by atoms with E-state index in [-0.39, 0.29) is 0 Å². The molecular formula is C16H16Cl2N4OS. The largest absolute Gasteiger partial charge is 0.391 e. The van der Waals surface area contributed by atoms with Crippen LogP contribution in [0.5, 0.6) is 0 Å². The van der Waals surface area contributed by atoms with Gasteiger partial charge in [-0.05, 0) is 11.0 Å². The van der Waals surface area contributed by atoms with E-state index in [9.17, 15) is 0 Å². The first-order valence-electron chi connectivity index (χ1n) is 7.38. The molecule has 2 heterocycles. The Morgan fingerprint density at radius 1 is 1.38 bits per heavy atom. The minimum absolute atomic E-state index is 0.406. The van der Waals surface area contributed by atoms with Crippen molar-refractivity contribution in [2.24, 2.45) is 5.16 Å². The van der Waals surface area contributed by atoms with E-state index in [1.807, 2.05) is 35.7 Å². The number of hydrogen-bond donors (Lipinski definition) is 0. The lowest BCUT2D eigenvalue weighted by Crippen LogP contribution is -2.22. The van der Waals surface area contributed by atoms with E-state index in [2.05, 4.69) is 15.2 Å². The highest BCUT2D eigenvalue weighted by Gasteiger charge is 2.34. The second-order valence-corrected chi connectivity index (χ2v) is 8.11. The summed E-state index contributed by atoms with van der Waals surface area (Å²) >= 11 is 14.2. The van der Waals surface area contributed by atoms with Crippen LogP contribution in [0.3, 0.4) is 0 Å². The van der Waals surface area contributed by atoms with Gasteiger partial charge in [0.05, 0.1) is 12.3 Å². The second-order valence-electron chi connectivity index (χ2n) is 5.43. The summed E-state index contributed by atoms with van der Waals surface area (Å²) in [4.78, 5) is 9.47. The summed E-state index contributed by atoms with van der Waals surface area (Å²) < 4.78 is 1.17. The van der Waals surface area contributed by atoms with Crippen LogP contribution in [0.15, 0.2) is 58.6 Å². The average Bonchev–Trinajstić information content (AvgIpc) is 3.18. The predicted molar refractivity (Wildman–Crippen MR) is 98.0 cm³/mol. The molecule has 0 saturated heterocycles. The third-order valence-electron chi connectivity index (χ3n) is 3.38. The fourth-order valence-corrected chi connectivity index (χ4v) is 4.16. The van der Waals surface area contributed by atoms with Gasteiger partial charge in [0, 0.05) is 17.9 Å². The summed E-state index contributed by atoms with van der Waals surface area (Å²) in [6.45, 7) is 0.880. The van der Waals surface area contributed by atoms with Gasteiger partial charge in [0.25, 0.3) is 0 Å². The van der Waals surface area contributed by atoms with Crippen LogP contribution >= 0.6 is 35.0 Å². The highest BCUT2D eigenvalue weighted by atomic mass is 35.5. The van der Waals surface area contributed by atoms with E-state index in [0.717, 1.165) is 16.3 Å². The molecule has 3 rings (SSSR count). The Morgan fingerprint density at radius 3 is 2.88 bits per heavy atom. The maximum Gasteiger partial charge on any atom is 0.142 e. The highest BCUT2D eigenvalue weighted by Crippen LogP contribution is 2.47. The molecule has 1 aromatic heterocycles. The minimum atomic E-state index is -0.521. The molecule has 0 aliphatic carbocycles. The molecule has 5 nitrogen and oxygen atoms in total. The van der Waals surface area contributed by atoms with Crippen LogP contribution in [0.4, 0.5) is 0 Å². The summed E-state index contributed by atoms with van der Waals surface area (Å²) in [6, 6.07) is 9.89. The molecule has 0 spiro atoms. The number of hydrogen-bond acceptors (Lipinski definition) is 5. The van der Waals surface area contributed by atoms with Crippen molar-refractivity contribution in [1.82, 2.24) is 14.8 Å². The first-order valence-corrected chi connectivity index (χ1v) is 9.02. The van der Waals surface area contributed by atoms with Gasteiger partial charge in [0.1, 0.15) is 23.5 Å². The van der Waals surface area contributed by atoms with E-state index in [0.29, 0.717) is 26.0 Å². The van der Waals surface area contributed by atoms with Crippen LogP contribution in [-0.4, -0.2) is 24.7 Å². The van der Waals surface area contributed by atoms with Crippen molar-refractivity contribution in [3.63, 3.8) is 0 Å². The van der Waals surface area contributed by atoms with Gasteiger partial charge in [-0.1, -0.05) is 47.1 Å². The summed E-state index contributed by atoms with van der Waals surface area (Å²) in [5.74, 6) is 0. The fraction of sp³-hybridized carbons (Fsp3) is 0.312. The van der Waals surface area contributed by atoms with Crippen LogP contribution in [0, 0.1) is 0 Å². The molecule has 0 bridgehead atoms. The highest BCUT2D eigenvalue weighted by molar-refractivity contribution is 8.05. The number of thioether (sulfide) groups is 1. The lowest BCUT2D eigenvalue weighted by atomic mass is 10.1. The van der Waals surface area contributed by atoms with Crippen molar-refractivity contribution in [2.45, 2.75) is 30.2 Å². The molecule has 1 aromatic carbocycles. The van der Waals surface area contributed by atoms with E-state index >= 15 is 0 Å². The van der Waals surface area contributed by atoms with Crippen molar-refractivity contribution in [3.8, 4) is 0 Å². The smallest absolute Gasteiger partial charge is 0.142 e. The fourth-order valence-electron chi connectivity index (χ4n) is 2.30. The Balaban J connectivity index is 1.66. The van der Waals surface area contributed by atoms with Crippen molar-refractivity contribution < 1.29 is 4.84 Å². The standard InChI is InChI=1S/C16H16Cl2N4OS/c17-14-6-16(18,24-10-14)7-15(8-22-12-19-11-20-22)21-23-9-13-4-2-1-3-5-13/h1-5,10-12H,6-9H2. The van der Waals surface area contributed by atoms with Crippen LogP contribution in [-0.2, 0) is 18.0 Å². The molecule has 2 aromatic rings. The molecule has 0 N–H and O–H groups in total. The van der Waals surface area contributed by atoms with Crippen molar-refractivity contribution in [2.75, 3.05) is 0 Å². The zero-order valence-electron chi connectivity index (χ0n) is 12.8. The number of rotatable bonds is 7. The van der Waals surface area contributed by atoms with Gasteiger partial charge in [0.15, 0.2) is 0 Å². The number of oxime groups is 1. The Morgan fingerprint density at radius 2 is 2.21 bits per heavy atom. The van der Waals surface area contributed by atoms with Crippen LogP contribution in [0.25, 0.3) is 0 Å². The minimum Gasteiger partial charge on any atom is -0.391 e. The van der Waals surface area contributed by atoms with Gasteiger partial charge in [-0.3, -0.25) is 0 Å². The van der Waals surface area contributed by atoms with E-state index in [4.69, 9.17) is 28.0 Å². The van der Waals surface area contributed by atoms with Gasteiger partial charge in [-0.25, -0.2) is 9.67 Å². The third-order valence-corrected chi connectivity index (χ3v) is 5.40. The normalized spacial score (nSPS) is 20.9. The number of halogens is 2. The molecule has 24 heavy (non-hydrogen) atoms. The Hall–Kier alpha value is -1.50. The van der Waals surface area contributed by atoms with Gasteiger partial charge >= 0.3 is 0 Å². The quantitative estimate of drug-likeness (QED) is 0.404. The zero-order chi connectivity index (χ0) is 16.8. The molecule has 0 amide bonds. The van der Waals surface area contributed by atoms with Gasteiger partial charge in [-0.15, -0.1) is 23.4 Å². The molecule has 1 atom stereocenters. The zero-order valence-corrected chi connectivity index (χ0v) is 15.1. The number of benzene rings is 1. The Kier molecular flexibility index (Phi) is 5.81. The van der Waals surface area contributed by atoms with Crippen molar-refractivity contribution in [1.29, 1.82) is 0 Å². The van der Waals surface area contributed by atoms with Gasteiger partial charge < -0.3 is 4.84 Å². The van der Waals surface area contributed by atoms with Crippen LogP contribution in [0.2, 0.25) is 0 Å². The van der Waals surface area contributed by atoms with E-state index in [1.54, 1.807) is 11.0 Å². The van der Waals surface area contributed by atoms with E-state index in [1.165, 1.54) is 18.1 Å². The molecule has 0 fully saturated rings. The van der Waals surface area contributed by atoms with Crippen LogP contribution in [0.1, 0.15) is 18.4 Å². The molecule has 0 saturated carbocycles. The summed E-state index contributed by atoms with van der Waals surface area (Å²) in [5.41, 5.74) is 1.85. The molecule has 1 unspecified atom stereocenters. The first kappa shape index (κ1) is 17.3. The van der Waals surface area contributed by atoms with E-state index < -0.39 is 4.21 Å². The summed E-state index contributed by atoms with van der Waals surface area (Å²) in [7, 11) is 0. The Bertz CT molecular complexity index is 721. The molecule has 1 aliphatic heterocycles. The number of nitrogens with zero attached hydrogens (tertiary/aromatic N) is 4. The Labute approximate surface area is 154 Å². The van der Waals surface area contributed by atoms with Gasteiger partial charge in [0.2, 0.25) is 0 Å². The van der Waals surface area contributed by atoms with Crippen LogP contribution < -0.4 is 0 Å². The SMILES string of the molecule is ClC1=CSC(Cl)(CC(Cn2cncn2)=NOCc2ccccc2)C1. The second kappa shape index (κ2) is 8.05. The number of alkyl halides is 1. The van der Waals surface area contributed by atoms with Gasteiger partial charge in [-0.2, -0.15) is 5.10 Å². The maximum atomic E-state index is 6.64. The first-order chi connectivity index (χ1) is 11.6.